The smallest absolute Gasteiger partial charge is 0.253 e. The first-order chi connectivity index (χ1) is 12.8. The molecule has 7 nitrogen and oxygen atoms in total. The largest absolute Gasteiger partial charge is 0.379 e. The van der Waals surface area contributed by atoms with Crippen molar-refractivity contribution in [3.63, 3.8) is 0 Å². The normalized spacial score (nSPS) is 21.2. The number of rotatable bonds is 4. The first-order valence-corrected chi connectivity index (χ1v) is 11.0. The molecule has 2 fully saturated rings. The monoisotopic (exact) mass is 395 g/mol. The van der Waals surface area contributed by atoms with Crippen molar-refractivity contribution in [2.24, 2.45) is 11.7 Å². The van der Waals surface area contributed by atoms with Gasteiger partial charge in [-0.25, -0.2) is 8.42 Å². The van der Waals surface area contributed by atoms with Crippen molar-refractivity contribution in [1.82, 2.24) is 9.21 Å². The molecule has 150 valence electrons. The van der Waals surface area contributed by atoms with E-state index in [1.807, 2.05) is 6.92 Å². The van der Waals surface area contributed by atoms with Crippen LogP contribution in [0.15, 0.2) is 23.1 Å². The molecule has 0 bridgehead atoms. The van der Waals surface area contributed by atoms with Crippen molar-refractivity contribution in [3.8, 4) is 0 Å². The van der Waals surface area contributed by atoms with Crippen LogP contribution in [-0.4, -0.2) is 69.0 Å². The summed E-state index contributed by atoms with van der Waals surface area (Å²) in [6.07, 6.45) is 1.77. The number of hydrogen-bond donors (Lipinski definition) is 1. The summed E-state index contributed by atoms with van der Waals surface area (Å²) in [7, 11) is -3.63. The summed E-state index contributed by atoms with van der Waals surface area (Å²) in [6.45, 7) is 6.54. The Morgan fingerprint density at radius 1 is 1.19 bits per heavy atom. The molecule has 2 heterocycles. The number of nitrogens with zero attached hydrogens (tertiary/aromatic N) is 2. The zero-order chi connectivity index (χ0) is 19.6. The molecule has 0 radical (unpaired) electrons. The van der Waals surface area contributed by atoms with E-state index in [0.717, 1.165) is 12.8 Å². The van der Waals surface area contributed by atoms with Gasteiger partial charge in [-0.15, -0.1) is 0 Å². The van der Waals surface area contributed by atoms with E-state index in [9.17, 15) is 13.2 Å². The van der Waals surface area contributed by atoms with Gasteiger partial charge in [-0.3, -0.25) is 4.79 Å². The fourth-order valence-corrected chi connectivity index (χ4v) is 5.41. The summed E-state index contributed by atoms with van der Waals surface area (Å²) in [4.78, 5) is 14.9. The highest BCUT2D eigenvalue weighted by atomic mass is 32.2. The van der Waals surface area contributed by atoms with Gasteiger partial charge in [0, 0.05) is 37.8 Å². The zero-order valence-corrected chi connectivity index (χ0v) is 16.9. The molecule has 8 heteroatoms. The number of benzene rings is 1. The van der Waals surface area contributed by atoms with E-state index < -0.39 is 10.0 Å². The van der Waals surface area contributed by atoms with Crippen LogP contribution < -0.4 is 5.73 Å². The Morgan fingerprint density at radius 3 is 2.41 bits per heavy atom. The Labute approximate surface area is 161 Å². The molecule has 1 unspecified atom stereocenters. The highest BCUT2D eigenvalue weighted by Crippen LogP contribution is 2.25. The van der Waals surface area contributed by atoms with Gasteiger partial charge in [0.15, 0.2) is 0 Å². The number of ether oxygens (including phenoxy) is 1. The number of amides is 1. The molecule has 2 saturated heterocycles. The van der Waals surface area contributed by atoms with E-state index in [2.05, 4.69) is 0 Å². The number of aryl methyl sites for hydroxylation is 1. The molecule has 1 amide bonds. The average molecular weight is 396 g/mol. The molecule has 1 aromatic carbocycles. The number of piperidine rings is 1. The molecule has 2 aliphatic rings. The van der Waals surface area contributed by atoms with Crippen molar-refractivity contribution in [2.45, 2.75) is 37.6 Å². The van der Waals surface area contributed by atoms with Gasteiger partial charge in [0.05, 0.1) is 18.1 Å². The summed E-state index contributed by atoms with van der Waals surface area (Å²) in [5, 5.41) is 0. The van der Waals surface area contributed by atoms with Crippen LogP contribution >= 0.6 is 0 Å². The van der Waals surface area contributed by atoms with Crippen LogP contribution in [0.3, 0.4) is 0 Å². The Balaban J connectivity index is 1.80. The van der Waals surface area contributed by atoms with Gasteiger partial charge in [-0.2, -0.15) is 4.31 Å². The van der Waals surface area contributed by atoms with Crippen molar-refractivity contribution < 1.29 is 17.9 Å². The van der Waals surface area contributed by atoms with E-state index >= 15 is 0 Å². The molecule has 3 rings (SSSR count). The third kappa shape index (κ3) is 4.34. The van der Waals surface area contributed by atoms with Gasteiger partial charge >= 0.3 is 0 Å². The van der Waals surface area contributed by atoms with Crippen LogP contribution in [0.2, 0.25) is 0 Å². The highest BCUT2D eigenvalue weighted by Gasteiger charge is 2.30. The predicted octanol–water partition coefficient (Wildman–Crippen LogP) is 1.22. The minimum Gasteiger partial charge on any atom is -0.379 e. The Bertz CT molecular complexity index is 780. The van der Waals surface area contributed by atoms with Gasteiger partial charge in [0.2, 0.25) is 10.0 Å². The second-order valence-electron chi connectivity index (χ2n) is 7.49. The maximum atomic E-state index is 13.0. The lowest BCUT2D eigenvalue weighted by Gasteiger charge is -2.34. The number of carbonyl (C=O) groups is 1. The van der Waals surface area contributed by atoms with Crippen LogP contribution in [0, 0.1) is 12.8 Å². The lowest BCUT2D eigenvalue weighted by atomic mass is 9.90. The predicted molar refractivity (Wildman–Crippen MR) is 103 cm³/mol. The van der Waals surface area contributed by atoms with Crippen molar-refractivity contribution >= 4 is 15.9 Å². The number of carbonyl (C=O) groups excluding carboxylic acids is 1. The fraction of sp³-hybridized carbons (Fsp3) is 0.632. The van der Waals surface area contributed by atoms with Crippen LogP contribution in [0.25, 0.3) is 0 Å². The van der Waals surface area contributed by atoms with Gasteiger partial charge < -0.3 is 15.4 Å². The van der Waals surface area contributed by atoms with Crippen LogP contribution in [0.5, 0.6) is 0 Å². The highest BCUT2D eigenvalue weighted by molar-refractivity contribution is 7.89. The topological polar surface area (TPSA) is 92.9 Å². The zero-order valence-electron chi connectivity index (χ0n) is 16.1. The molecule has 27 heavy (non-hydrogen) atoms. The Morgan fingerprint density at radius 2 is 1.81 bits per heavy atom. The van der Waals surface area contributed by atoms with Crippen molar-refractivity contribution in [2.75, 3.05) is 39.4 Å². The van der Waals surface area contributed by atoms with Crippen LogP contribution in [0.4, 0.5) is 0 Å². The van der Waals surface area contributed by atoms with E-state index in [1.165, 1.54) is 10.4 Å². The Kier molecular flexibility index (Phi) is 6.20. The minimum atomic E-state index is -3.63. The number of likely N-dealkylation sites (tertiary alicyclic amines) is 1. The second kappa shape index (κ2) is 8.26. The maximum absolute atomic E-state index is 13.0. The van der Waals surface area contributed by atoms with E-state index in [1.54, 1.807) is 24.0 Å². The number of hydrogen-bond acceptors (Lipinski definition) is 5. The standard InChI is InChI=1S/C19H29N3O4S/c1-14-3-4-17(19(23)21-7-5-16(6-8-21)15(2)20)13-18(14)27(24,25)22-9-11-26-12-10-22/h3-4,13,15-16H,5-12,20H2,1-2H3. The molecular weight excluding hydrogens is 366 g/mol. The average Bonchev–Trinajstić information content (AvgIpc) is 2.68. The summed E-state index contributed by atoms with van der Waals surface area (Å²) >= 11 is 0. The lowest BCUT2D eigenvalue weighted by Crippen LogP contribution is -2.43. The summed E-state index contributed by atoms with van der Waals surface area (Å²) in [5.74, 6) is 0.320. The number of morpholine rings is 1. The lowest BCUT2D eigenvalue weighted by molar-refractivity contribution is 0.0680. The fourth-order valence-electron chi connectivity index (χ4n) is 3.75. The number of nitrogens with two attached hydrogens (primary N) is 1. The molecule has 0 aliphatic carbocycles. The quantitative estimate of drug-likeness (QED) is 0.827. The summed E-state index contributed by atoms with van der Waals surface area (Å²) in [5.41, 5.74) is 7.04. The van der Waals surface area contributed by atoms with Crippen LogP contribution in [0.1, 0.15) is 35.7 Å². The SMILES string of the molecule is Cc1ccc(C(=O)N2CCC(C(C)N)CC2)cc1S(=O)(=O)N1CCOCC1. The van der Waals surface area contributed by atoms with Crippen molar-refractivity contribution in [3.05, 3.63) is 29.3 Å². The summed E-state index contributed by atoms with van der Waals surface area (Å²) < 4.78 is 32.7. The second-order valence-corrected chi connectivity index (χ2v) is 9.39. The van der Waals surface area contributed by atoms with E-state index in [4.69, 9.17) is 10.5 Å². The molecule has 0 aromatic heterocycles. The molecular formula is C19H29N3O4S. The van der Waals surface area contributed by atoms with Crippen LogP contribution in [-0.2, 0) is 14.8 Å². The molecule has 0 saturated carbocycles. The van der Waals surface area contributed by atoms with Gasteiger partial charge in [-0.1, -0.05) is 6.07 Å². The first kappa shape index (κ1) is 20.3. The first-order valence-electron chi connectivity index (χ1n) is 9.54. The van der Waals surface area contributed by atoms with Crippen molar-refractivity contribution in [1.29, 1.82) is 0 Å². The van der Waals surface area contributed by atoms with E-state index in [-0.39, 0.29) is 16.8 Å². The molecule has 1 aromatic rings. The van der Waals surface area contributed by atoms with Gasteiger partial charge in [0.1, 0.15) is 0 Å². The third-order valence-electron chi connectivity index (χ3n) is 5.59. The number of sulfonamides is 1. The van der Waals surface area contributed by atoms with Gasteiger partial charge in [0.25, 0.3) is 5.91 Å². The molecule has 2 N–H and O–H groups in total. The Hall–Kier alpha value is -1.48. The molecule has 2 aliphatic heterocycles. The molecule has 1 atom stereocenters. The summed E-state index contributed by atoms with van der Waals surface area (Å²) in [6, 6.07) is 5.09. The third-order valence-corrected chi connectivity index (χ3v) is 7.63. The van der Waals surface area contributed by atoms with Gasteiger partial charge in [-0.05, 0) is 50.3 Å². The minimum absolute atomic E-state index is 0.114. The molecule has 0 spiro atoms. The van der Waals surface area contributed by atoms with E-state index in [0.29, 0.717) is 56.4 Å². The maximum Gasteiger partial charge on any atom is 0.253 e.